The van der Waals surface area contributed by atoms with Crippen LogP contribution in [-0.4, -0.2) is 36.6 Å². The van der Waals surface area contributed by atoms with Crippen molar-refractivity contribution in [2.24, 2.45) is 0 Å². The lowest BCUT2D eigenvalue weighted by atomic mass is 10.2. The van der Waals surface area contributed by atoms with Crippen LogP contribution in [0.3, 0.4) is 0 Å². The Bertz CT molecular complexity index is 362. The molecule has 0 saturated carbocycles. The number of aryl methyl sites for hydroxylation is 1. The van der Waals surface area contributed by atoms with E-state index >= 15 is 0 Å². The van der Waals surface area contributed by atoms with Crippen LogP contribution in [0.4, 0.5) is 5.69 Å². The highest BCUT2D eigenvalue weighted by Crippen LogP contribution is 2.20. The lowest BCUT2D eigenvalue weighted by molar-refractivity contribution is -0.116. The number of aromatic hydroxyl groups is 1. The van der Waals surface area contributed by atoms with Gasteiger partial charge in [-0.1, -0.05) is 6.07 Å². The summed E-state index contributed by atoms with van der Waals surface area (Å²) < 4.78 is 0. The van der Waals surface area contributed by atoms with Crippen molar-refractivity contribution in [3.63, 3.8) is 0 Å². The molecule has 1 amide bonds. The third-order valence-electron chi connectivity index (χ3n) is 1.96. The smallest absolute Gasteiger partial charge is 0.238 e. The lowest BCUT2D eigenvalue weighted by Crippen LogP contribution is -2.27. The van der Waals surface area contributed by atoms with E-state index in [1.807, 2.05) is 21.0 Å². The SMILES string of the molecule is Cc1ccc(O)cc1NC(=O)CN(C)C. The number of nitrogens with one attached hydrogen (secondary N) is 1. The number of carbonyl (C=O) groups is 1. The monoisotopic (exact) mass is 208 g/mol. The Kier molecular flexibility index (Phi) is 3.68. The highest BCUT2D eigenvalue weighted by Gasteiger charge is 2.06. The van der Waals surface area contributed by atoms with Crippen molar-refractivity contribution in [2.45, 2.75) is 6.92 Å². The summed E-state index contributed by atoms with van der Waals surface area (Å²) in [5, 5.41) is 12.0. The molecule has 0 aliphatic rings. The zero-order valence-corrected chi connectivity index (χ0v) is 9.24. The Labute approximate surface area is 89.5 Å². The molecule has 0 fully saturated rings. The average molecular weight is 208 g/mol. The molecule has 1 rings (SSSR count). The fourth-order valence-corrected chi connectivity index (χ4v) is 1.22. The van der Waals surface area contributed by atoms with E-state index in [2.05, 4.69) is 5.32 Å². The number of amides is 1. The number of anilines is 1. The molecule has 1 aromatic carbocycles. The first-order chi connectivity index (χ1) is 6.99. The van der Waals surface area contributed by atoms with Crippen LogP contribution in [-0.2, 0) is 4.79 Å². The van der Waals surface area contributed by atoms with Crippen LogP contribution in [0.15, 0.2) is 18.2 Å². The summed E-state index contributed by atoms with van der Waals surface area (Å²) in [5.41, 5.74) is 1.58. The number of carbonyl (C=O) groups excluding carboxylic acids is 1. The Morgan fingerprint density at radius 1 is 1.47 bits per heavy atom. The predicted molar refractivity (Wildman–Crippen MR) is 60.0 cm³/mol. The van der Waals surface area contributed by atoms with Gasteiger partial charge < -0.3 is 15.3 Å². The summed E-state index contributed by atoms with van der Waals surface area (Å²) in [5.74, 6) is 0.0643. The first kappa shape index (κ1) is 11.5. The second kappa shape index (κ2) is 4.79. The second-order valence-electron chi connectivity index (χ2n) is 3.79. The zero-order chi connectivity index (χ0) is 11.4. The van der Waals surface area contributed by atoms with E-state index in [9.17, 15) is 9.90 Å². The molecule has 2 N–H and O–H groups in total. The van der Waals surface area contributed by atoms with Crippen LogP contribution in [0.25, 0.3) is 0 Å². The standard InChI is InChI=1S/C11H16N2O2/c1-8-4-5-9(14)6-10(8)12-11(15)7-13(2)3/h4-6,14H,7H2,1-3H3,(H,12,15). The van der Waals surface area contributed by atoms with Crippen molar-refractivity contribution in [3.05, 3.63) is 23.8 Å². The zero-order valence-electron chi connectivity index (χ0n) is 9.24. The van der Waals surface area contributed by atoms with E-state index in [0.717, 1.165) is 5.56 Å². The maximum Gasteiger partial charge on any atom is 0.238 e. The summed E-state index contributed by atoms with van der Waals surface area (Å²) in [4.78, 5) is 13.2. The van der Waals surface area contributed by atoms with Gasteiger partial charge in [0.25, 0.3) is 0 Å². The van der Waals surface area contributed by atoms with Crippen LogP contribution >= 0.6 is 0 Å². The number of hydrogen-bond acceptors (Lipinski definition) is 3. The van der Waals surface area contributed by atoms with E-state index in [-0.39, 0.29) is 11.7 Å². The molecule has 0 aliphatic heterocycles. The van der Waals surface area contributed by atoms with Crippen molar-refractivity contribution in [2.75, 3.05) is 26.0 Å². The molecule has 82 valence electrons. The summed E-state index contributed by atoms with van der Waals surface area (Å²) in [6, 6.07) is 4.90. The fourth-order valence-electron chi connectivity index (χ4n) is 1.22. The van der Waals surface area contributed by atoms with Gasteiger partial charge in [-0.3, -0.25) is 4.79 Å². The lowest BCUT2D eigenvalue weighted by Gasteiger charge is -2.11. The molecule has 0 saturated heterocycles. The van der Waals surface area contributed by atoms with Crippen molar-refractivity contribution in [1.29, 1.82) is 0 Å². The largest absolute Gasteiger partial charge is 0.508 e. The molecule has 4 heteroatoms. The molecule has 0 unspecified atom stereocenters. The van der Waals surface area contributed by atoms with Crippen molar-refractivity contribution < 1.29 is 9.90 Å². The summed E-state index contributed by atoms with van der Waals surface area (Å²) in [6.07, 6.45) is 0. The highest BCUT2D eigenvalue weighted by molar-refractivity contribution is 5.93. The third-order valence-corrected chi connectivity index (χ3v) is 1.96. The number of nitrogens with zero attached hydrogens (tertiary/aromatic N) is 1. The van der Waals surface area contributed by atoms with E-state index in [1.54, 1.807) is 23.1 Å². The maximum atomic E-state index is 11.5. The number of hydrogen-bond donors (Lipinski definition) is 2. The van der Waals surface area contributed by atoms with E-state index in [1.165, 1.54) is 0 Å². The van der Waals surface area contributed by atoms with Crippen LogP contribution in [0.2, 0.25) is 0 Å². The third kappa shape index (κ3) is 3.59. The Morgan fingerprint density at radius 3 is 2.73 bits per heavy atom. The fraction of sp³-hybridized carbons (Fsp3) is 0.364. The van der Waals surface area contributed by atoms with Gasteiger partial charge in [-0.05, 0) is 32.6 Å². The van der Waals surface area contributed by atoms with E-state index in [0.29, 0.717) is 12.2 Å². The minimum atomic E-state index is -0.0892. The number of likely N-dealkylation sites (N-methyl/N-ethyl adjacent to an activating group) is 1. The molecule has 1 aromatic rings. The van der Waals surface area contributed by atoms with Crippen LogP contribution in [0.1, 0.15) is 5.56 Å². The average Bonchev–Trinajstić information content (AvgIpc) is 2.10. The highest BCUT2D eigenvalue weighted by atomic mass is 16.3. The van der Waals surface area contributed by atoms with Crippen molar-refractivity contribution in [3.8, 4) is 5.75 Å². The topological polar surface area (TPSA) is 52.6 Å². The molecule has 4 nitrogen and oxygen atoms in total. The van der Waals surface area contributed by atoms with Gasteiger partial charge in [-0.25, -0.2) is 0 Å². The van der Waals surface area contributed by atoms with Gasteiger partial charge in [0.15, 0.2) is 0 Å². The molecule has 0 bridgehead atoms. The molecule has 0 aliphatic carbocycles. The first-order valence-corrected chi connectivity index (χ1v) is 4.73. The molecule has 15 heavy (non-hydrogen) atoms. The Morgan fingerprint density at radius 2 is 2.13 bits per heavy atom. The second-order valence-corrected chi connectivity index (χ2v) is 3.79. The van der Waals surface area contributed by atoms with Crippen LogP contribution in [0.5, 0.6) is 5.75 Å². The van der Waals surface area contributed by atoms with E-state index < -0.39 is 0 Å². The molecule has 0 aromatic heterocycles. The maximum absolute atomic E-state index is 11.5. The minimum absolute atomic E-state index is 0.0892. The van der Waals surface area contributed by atoms with E-state index in [4.69, 9.17) is 0 Å². The van der Waals surface area contributed by atoms with Crippen LogP contribution < -0.4 is 5.32 Å². The molecule has 0 atom stereocenters. The summed E-state index contributed by atoms with van der Waals surface area (Å²) >= 11 is 0. The number of rotatable bonds is 3. The number of phenolic OH excluding ortho intramolecular Hbond substituents is 1. The normalized spacial score (nSPS) is 10.4. The van der Waals surface area contributed by atoms with Gasteiger partial charge in [-0.15, -0.1) is 0 Å². The van der Waals surface area contributed by atoms with Gasteiger partial charge in [0.05, 0.1) is 6.54 Å². The predicted octanol–water partition coefficient (Wildman–Crippen LogP) is 1.20. The molecular weight excluding hydrogens is 192 g/mol. The van der Waals surface area contributed by atoms with Gasteiger partial charge >= 0.3 is 0 Å². The van der Waals surface area contributed by atoms with Crippen molar-refractivity contribution >= 4 is 11.6 Å². The van der Waals surface area contributed by atoms with Gasteiger partial charge in [0.2, 0.25) is 5.91 Å². The first-order valence-electron chi connectivity index (χ1n) is 4.73. The van der Waals surface area contributed by atoms with Crippen molar-refractivity contribution in [1.82, 2.24) is 4.90 Å². The van der Waals surface area contributed by atoms with Gasteiger partial charge in [-0.2, -0.15) is 0 Å². The van der Waals surface area contributed by atoms with Crippen LogP contribution in [0, 0.1) is 6.92 Å². The number of benzene rings is 1. The van der Waals surface area contributed by atoms with Gasteiger partial charge in [0, 0.05) is 11.8 Å². The summed E-state index contributed by atoms with van der Waals surface area (Å²) in [6.45, 7) is 2.21. The molecule has 0 spiro atoms. The van der Waals surface area contributed by atoms with Gasteiger partial charge in [0.1, 0.15) is 5.75 Å². The minimum Gasteiger partial charge on any atom is -0.508 e. The Balaban J connectivity index is 2.71. The molecule has 0 radical (unpaired) electrons. The quantitative estimate of drug-likeness (QED) is 0.784. The number of phenols is 1. The summed E-state index contributed by atoms with van der Waals surface area (Å²) in [7, 11) is 3.66. The Hall–Kier alpha value is -1.55. The molecular formula is C11H16N2O2. The molecule has 0 heterocycles.